The molecule has 1 atom stereocenters. The Balaban J connectivity index is 1.89. The van der Waals surface area contributed by atoms with Gasteiger partial charge in [0, 0.05) is 31.8 Å². The first-order chi connectivity index (χ1) is 8.09. The van der Waals surface area contributed by atoms with Crippen molar-refractivity contribution in [1.29, 1.82) is 0 Å². The molecule has 0 radical (unpaired) electrons. The van der Waals surface area contributed by atoms with Gasteiger partial charge in [0.2, 0.25) is 5.91 Å². The monoisotopic (exact) mass is 240 g/mol. The van der Waals surface area contributed by atoms with Crippen LogP contribution in [0.2, 0.25) is 0 Å². The zero-order valence-electron chi connectivity index (χ0n) is 11.0. The average Bonchev–Trinajstić information content (AvgIpc) is 2.29. The number of amides is 1. The maximum atomic E-state index is 12.3. The van der Waals surface area contributed by atoms with Crippen molar-refractivity contribution < 1.29 is 9.53 Å². The molecule has 2 rings (SSSR count). The number of ether oxygens (including phenoxy) is 1. The average molecular weight is 240 g/mol. The Hall–Kier alpha value is -0.610. The van der Waals surface area contributed by atoms with E-state index in [1.54, 1.807) is 0 Å². The van der Waals surface area contributed by atoms with E-state index in [9.17, 15) is 4.79 Å². The van der Waals surface area contributed by atoms with E-state index in [0.717, 1.165) is 39.1 Å². The fraction of sp³-hybridized carbons (Fsp3) is 0.923. The predicted octanol–water partition coefficient (Wildman–Crippen LogP) is 1.16. The molecule has 4 nitrogen and oxygen atoms in total. The van der Waals surface area contributed by atoms with Crippen LogP contribution >= 0.6 is 0 Å². The zero-order chi connectivity index (χ0) is 12.3. The molecule has 0 aromatic carbocycles. The summed E-state index contributed by atoms with van der Waals surface area (Å²) in [7, 11) is 0. The van der Waals surface area contributed by atoms with Crippen molar-refractivity contribution in [2.45, 2.75) is 51.2 Å². The molecule has 0 aromatic rings. The number of carbonyl (C=O) groups is 1. The molecule has 1 amide bonds. The SMILES string of the molecule is CC1(C)CNCCN1C(=O)CC1CCCCO1. The highest BCUT2D eigenvalue weighted by Gasteiger charge is 2.34. The first kappa shape index (κ1) is 12.8. The molecule has 0 aliphatic carbocycles. The van der Waals surface area contributed by atoms with Gasteiger partial charge in [-0.25, -0.2) is 0 Å². The standard InChI is InChI=1S/C13H24N2O2/c1-13(2)10-14-6-7-15(13)12(16)9-11-5-3-4-8-17-11/h11,14H,3-10H2,1-2H3. The van der Waals surface area contributed by atoms with Gasteiger partial charge in [0.15, 0.2) is 0 Å². The van der Waals surface area contributed by atoms with Crippen molar-refractivity contribution in [3.05, 3.63) is 0 Å². The van der Waals surface area contributed by atoms with Crippen LogP contribution in [0, 0.1) is 0 Å². The van der Waals surface area contributed by atoms with Crippen molar-refractivity contribution in [2.75, 3.05) is 26.2 Å². The summed E-state index contributed by atoms with van der Waals surface area (Å²) in [5, 5.41) is 3.34. The fourth-order valence-electron chi connectivity index (χ4n) is 2.72. The minimum absolute atomic E-state index is 0.0655. The highest BCUT2D eigenvalue weighted by Crippen LogP contribution is 2.21. The second kappa shape index (κ2) is 5.36. The molecule has 2 aliphatic rings. The topological polar surface area (TPSA) is 41.6 Å². The largest absolute Gasteiger partial charge is 0.378 e. The van der Waals surface area contributed by atoms with Crippen molar-refractivity contribution in [3.8, 4) is 0 Å². The molecule has 0 saturated carbocycles. The van der Waals surface area contributed by atoms with Gasteiger partial charge in [-0.05, 0) is 33.1 Å². The molecule has 1 N–H and O–H groups in total. The molecule has 2 saturated heterocycles. The molecule has 0 spiro atoms. The van der Waals surface area contributed by atoms with Crippen LogP contribution in [0.5, 0.6) is 0 Å². The Kier molecular flexibility index (Phi) is 4.05. The summed E-state index contributed by atoms with van der Waals surface area (Å²) < 4.78 is 5.64. The molecule has 2 aliphatic heterocycles. The second-order valence-electron chi connectivity index (χ2n) is 5.73. The van der Waals surface area contributed by atoms with Gasteiger partial charge in [-0.15, -0.1) is 0 Å². The molecule has 98 valence electrons. The maximum absolute atomic E-state index is 12.3. The molecule has 0 bridgehead atoms. The quantitative estimate of drug-likeness (QED) is 0.787. The Morgan fingerprint density at radius 1 is 1.47 bits per heavy atom. The van der Waals surface area contributed by atoms with Crippen molar-refractivity contribution >= 4 is 5.91 Å². The molecular formula is C13H24N2O2. The van der Waals surface area contributed by atoms with Gasteiger partial charge in [0.1, 0.15) is 0 Å². The minimum atomic E-state index is -0.0655. The predicted molar refractivity (Wildman–Crippen MR) is 66.9 cm³/mol. The Morgan fingerprint density at radius 2 is 2.29 bits per heavy atom. The van der Waals surface area contributed by atoms with Gasteiger partial charge in [-0.3, -0.25) is 4.79 Å². The summed E-state index contributed by atoms with van der Waals surface area (Å²) in [6, 6.07) is 0. The van der Waals surface area contributed by atoms with E-state index < -0.39 is 0 Å². The van der Waals surface area contributed by atoms with Crippen LogP contribution in [-0.4, -0.2) is 48.7 Å². The molecular weight excluding hydrogens is 216 g/mol. The van der Waals surface area contributed by atoms with Gasteiger partial charge in [-0.2, -0.15) is 0 Å². The van der Waals surface area contributed by atoms with Crippen LogP contribution in [0.4, 0.5) is 0 Å². The van der Waals surface area contributed by atoms with Crippen molar-refractivity contribution in [3.63, 3.8) is 0 Å². The summed E-state index contributed by atoms with van der Waals surface area (Å²) in [6.07, 6.45) is 4.09. The molecule has 0 aromatic heterocycles. The Bertz CT molecular complexity index is 273. The smallest absolute Gasteiger partial charge is 0.225 e. The van der Waals surface area contributed by atoms with Crippen LogP contribution in [0.25, 0.3) is 0 Å². The minimum Gasteiger partial charge on any atom is -0.378 e. The highest BCUT2D eigenvalue weighted by atomic mass is 16.5. The van der Waals surface area contributed by atoms with Gasteiger partial charge >= 0.3 is 0 Å². The number of piperazine rings is 1. The lowest BCUT2D eigenvalue weighted by Gasteiger charge is -2.43. The number of rotatable bonds is 2. The lowest BCUT2D eigenvalue weighted by Crippen LogP contribution is -2.60. The third-order valence-electron chi connectivity index (χ3n) is 3.78. The normalized spacial score (nSPS) is 29.1. The van der Waals surface area contributed by atoms with Crippen molar-refractivity contribution in [2.24, 2.45) is 0 Å². The van der Waals surface area contributed by atoms with Crippen LogP contribution in [0.3, 0.4) is 0 Å². The third kappa shape index (κ3) is 3.19. The van der Waals surface area contributed by atoms with E-state index in [1.807, 2.05) is 4.90 Å². The Morgan fingerprint density at radius 3 is 2.94 bits per heavy atom. The molecule has 2 fully saturated rings. The first-order valence-electron chi connectivity index (χ1n) is 6.72. The van der Waals surface area contributed by atoms with Gasteiger partial charge in [-0.1, -0.05) is 0 Å². The van der Waals surface area contributed by atoms with E-state index >= 15 is 0 Å². The van der Waals surface area contributed by atoms with E-state index in [2.05, 4.69) is 19.2 Å². The summed E-state index contributed by atoms with van der Waals surface area (Å²) in [4.78, 5) is 14.3. The molecule has 2 heterocycles. The first-order valence-corrected chi connectivity index (χ1v) is 6.72. The summed E-state index contributed by atoms with van der Waals surface area (Å²) >= 11 is 0. The number of nitrogens with zero attached hydrogens (tertiary/aromatic N) is 1. The van der Waals surface area contributed by atoms with Crippen LogP contribution in [0.1, 0.15) is 39.5 Å². The maximum Gasteiger partial charge on any atom is 0.225 e. The van der Waals surface area contributed by atoms with Crippen LogP contribution in [-0.2, 0) is 9.53 Å². The van der Waals surface area contributed by atoms with Gasteiger partial charge in [0.05, 0.1) is 12.5 Å². The lowest BCUT2D eigenvalue weighted by atomic mass is 9.98. The molecule has 4 heteroatoms. The van der Waals surface area contributed by atoms with E-state index in [1.165, 1.54) is 6.42 Å². The van der Waals surface area contributed by atoms with Gasteiger partial charge < -0.3 is 15.0 Å². The Labute approximate surface area is 104 Å². The number of hydrogen-bond acceptors (Lipinski definition) is 3. The second-order valence-corrected chi connectivity index (χ2v) is 5.73. The lowest BCUT2D eigenvalue weighted by molar-refractivity contribution is -0.141. The van der Waals surface area contributed by atoms with Crippen molar-refractivity contribution in [1.82, 2.24) is 10.2 Å². The molecule has 17 heavy (non-hydrogen) atoms. The fourth-order valence-corrected chi connectivity index (χ4v) is 2.72. The van der Waals surface area contributed by atoms with E-state index in [0.29, 0.717) is 6.42 Å². The third-order valence-corrected chi connectivity index (χ3v) is 3.78. The zero-order valence-corrected chi connectivity index (χ0v) is 11.0. The summed E-state index contributed by atoms with van der Waals surface area (Å²) in [6.45, 7) is 7.67. The number of carbonyl (C=O) groups excluding carboxylic acids is 1. The molecule has 1 unspecified atom stereocenters. The van der Waals surface area contributed by atoms with Gasteiger partial charge in [0.25, 0.3) is 0 Å². The van der Waals surface area contributed by atoms with Crippen LogP contribution < -0.4 is 5.32 Å². The van der Waals surface area contributed by atoms with Crippen LogP contribution in [0.15, 0.2) is 0 Å². The number of hydrogen-bond donors (Lipinski definition) is 1. The highest BCUT2D eigenvalue weighted by molar-refractivity contribution is 5.77. The van der Waals surface area contributed by atoms with E-state index in [-0.39, 0.29) is 17.6 Å². The number of nitrogens with one attached hydrogen (secondary N) is 1. The summed E-state index contributed by atoms with van der Waals surface area (Å²) in [5.41, 5.74) is -0.0655. The summed E-state index contributed by atoms with van der Waals surface area (Å²) in [5.74, 6) is 0.253. The van der Waals surface area contributed by atoms with E-state index in [4.69, 9.17) is 4.74 Å².